The van der Waals surface area contributed by atoms with Crippen LogP contribution in [-0.4, -0.2) is 12.4 Å². The highest BCUT2D eigenvalue weighted by molar-refractivity contribution is 5.84. The minimum absolute atomic E-state index is 0.289. The second-order valence-corrected chi connectivity index (χ2v) is 4.69. The zero-order chi connectivity index (χ0) is 11.1. The van der Waals surface area contributed by atoms with Gasteiger partial charge in [0.1, 0.15) is 11.5 Å². The summed E-state index contributed by atoms with van der Waals surface area (Å²) in [6, 6.07) is 6.25. The number of ether oxygens (including phenoxy) is 1. The average Bonchev–Trinajstić information content (AvgIpc) is 2.96. The second-order valence-electron chi connectivity index (χ2n) is 4.69. The minimum atomic E-state index is 0.289. The highest BCUT2D eigenvalue weighted by Gasteiger charge is 2.44. The molecule has 0 spiro atoms. The number of fused-ring (bicyclic) bond motifs is 1. The maximum atomic E-state index is 11.6. The maximum Gasteiger partial charge on any atom is 0.136 e. The fourth-order valence-electron chi connectivity index (χ4n) is 2.75. The molecule has 2 aliphatic rings. The van der Waals surface area contributed by atoms with Crippen molar-refractivity contribution in [3.8, 4) is 5.75 Å². The summed E-state index contributed by atoms with van der Waals surface area (Å²) in [5.74, 6) is 2.22. The highest BCUT2D eigenvalue weighted by atomic mass is 16.5. The molecule has 2 heteroatoms. The van der Waals surface area contributed by atoms with E-state index in [1.54, 1.807) is 0 Å². The Hall–Kier alpha value is -1.31. The summed E-state index contributed by atoms with van der Waals surface area (Å²) >= 11 is 0. The number of carbonyl (C=O) groups excluding carboxylic acids is 1. The van der Waals surface area contributed by atoms with Crippen LogP contribution >= 0.6 is 0 Å². The summed E-state index contributed by atoms with van der Waals surface area (Å²) in [7, 11) is 0. The Morgan fingerprint density at radius 2 is 2.38 bits per heavy atom. The quantitative estimate of drug-likeness (QED) is 0.776. The van der Waals surface area contributed by atoms with Gasteiger partial charge in [-0.05, 0) is 24.0 Å². The van der Waals surface area contributed by atoms with Crippen LogP contribution in [0.25, 0.3) is 0 Å². The average molecular weight is 216 g/mol. The van der Waals surface area contributed by atoms with Crippen LogP contribution in [0.5, 0.6) is 5.75 Å². The smallest absolute Gasteiger partial charge is 0.136 e. The van der Waals surface area contributed by atoms with Gasteiger partial charge >= 0.3 is 0 Å². The Kier molecular flexibility index (Phi) is 2.23. The number of benzene rings is 1. The lowest BCUT2D eigenvalue weighted by atomic mass is 9.99. The van der Waals surface area contributed by atoms with Crippen molar-refractivity contribution in [1.82, 2.24) is 0 Å². The lowest BCUT2D eigenvalue weighted by Crippen LogP contribution is -2.00. The molecule has 0 bridgehead atoms. The number of ketones is 1. The molecule has 1 fully saturated rings. The van der Waals surface area contributed by atoms with E-state index in [1.807, 2.05) is 19.1 Å². The molecule has 1 aromatic carbocycles. The van der Waals surface area contributed by atoms with Crippen LogP contribution in [0.3, 0.4) is 0 Å². The van der Waals surface area contributed by atoms with E-state index in [-0.39, 0.29) is 5.92 Å². The van der Waals surface area contributed by atoms with E-state index in [0.717, 1.165) is 25.2 Å². The molecule has 0 unspecified atom stereocenters. The van der Waals surface area contributed by atoms with Crippen molar-refractivity contribution in [2.75, 3.05) is 6.61 Å². The van der Waals surface area contributed by atoms with Crippen molar-refractivity contribution < 1.29 is 9.53 Å². The zero-order valence-electron chi connectivity index (χ0n) is 9.53. The lowest BCUT2D eigenvalue weighted by molar-refractivity contribution is -0.120. The Balaban J connectivity index is 1.87. The normalized spacial score (nSPS) is 26.1. The predicted molar refractivity (Wildman–Crippen MR) is 61.8 cm³/mol. The molecule has 1 saturated carbocycles. The van der Waals surface area contributed by atoms with Gasteiger partial charge in [0.05, 0.1) is 6.61 Å². The first-order valence-electron chi connectivity index (χ1n) is 6.08. The van der Waals surface area contributed by atoms with Gasteiger partial charge in [-0.2, -0.15) is 0 Å². The molecule has 0 aromatic heterocycles. The number of hydrogen-bond donors (Lipinski definition) is 0. The standard InChI is InChI=1S/C14H16O2/c1-2-13(15)12-8-11(12)9-4-3-5-14-10(9)6-7-16-14/h3-5,11-12H,2,6-8H2,1H3/t11-,12+/m1/s1. The molecule has 2 nitrogen and oxygen atoms in total. The Morgan fingerprint density at radius 3 is 3.19 bits per heavy atom. The molecule has 1 aromatic rings. The lowest BCUT2D eigenvalue weighted by Gasteiger charge is -2.05. The number of rotatable bonds is 3. The predicted octanol–water partition coefficient (Wildman–Crippen LogP) is 2.70. The van der Waals surface area contributed by atoms with E-state index in [0.29, 0.717) is 18.1 Å². The van der Waals surface area contributed by atoms with Gasteiger partial charge in [0, 0.05) is 24.3 Å². The molecule has 1 aliphatic heterocycles. The first-order valence-corrected chi connectivity index (χ1v) is 6.08. The third-order valence-corrected chi connectivity index (χ3v) is 3.73. The summed E-state index contributed by atoms with van der Waals surface area (Å²) in [4.78, 5) is 11.6. The van der Waals surface area contributed by atoms with Gasteiger partial charge in [-0.15, -0.1) is 0 Å². The summed E-state index contributed by atoms with van der Waals surface area (Å²) in [5.41, 5.74) is 2.71. The van der Waals surface area contributed by atoms with E-state index in [2.05, 4.69) is 6.07 Å². The molecule has 0 saturated heterocycles. The minimum Gasteiger partial charge on any atom is -0.493 e. The van der Waals surface area contributed by atoms with E-state index < -0.39 is 0 Å². The van der Waals surface area contributed by atoms with Crippen LogP contribution in [-0.2, 0) is 11.2 Å². The molecule has 3 rings (SSSR count). The third-order valence-electron chi connectivity index (χ3n) is 3.73. The van der Waals surface area contributed by atoms with Crippen LogP contribution in [0.2, 0.25) is 0 Å². The van der Waals surface area contributed by atoms with Gasteiger partial charge in [0.2, 0.25) is 0 Å². The van der Waals surface area contributed by atoms with Crippen molar-refractivity contribution in [2.24, 2.45) is 5.92 Å². The van der Waals surface area contributed by atoms with E-state index in [1.165, 1.54) is 11.1 Å². The molecule has 0 radical (unpaired) electrons. The topological polar surface area (TPSA) is 26.3 Å². The van der Waals surface area contributed by atoms with Crippen LogP contribution in [0.15, 0.2) is 18.2 Å². The molecule has 0 amide bonds. The van der Waals surface area contributed by atoms with Gasteiger partial charge in [-0.1, -0.05) is 19.1 Å². The maximum absolute atomic E-state index is 11.6. The molecular weight excluding hydrogens is 200 g/mol. The van der Waals surface area contributed by atoms with Crippen LogP contribution in [0.4, 0.5) is 0 Å². The molecule has 16 heavy (non-hydrogen) atoms. The van der Waals surface area contributed by atoms with Crippen molar-refractivity contribution in [2.45, 2.75) is 32.1 Å². The van der Waals surface area contributed by atoms with Crippen molar-refractivity contribution in [1.29, 1.82) is 0 Å². The van der Waals surface area contributed by atoms with E-state index in [4.69, 9.17) is 4.74 Å². The highest BCUT2D eigenvalue weighted by Crippen LogP contribution is 2.51. The van der Waals surface area contributed by atoms with E-state index in [9.17, 15) is 4.79 Å². The zero-order valence-corrected chi connectivity index (χ0v) is 9.53. The summed E-state index contributed by atoms with van der Waals surface area (Å²) in [6.07, 6.45) is 2.73. The van der Waals surface area contributed by atoms with Crippen LogP contribution in [0.1, 0.15) is 36.8 Å². The number of Topliss-reactive ketones (excluding diaryl/α,β-unsaturated/α-hetero) is 1. The molecule has 84 valence electrons. The number of hydrogen-bond acceptors (Lipinski definition) is 2. The van der Waals surface area contributed by atoms with Gasteiger partial charge in [0.15, 0.2) is 0 Å². The molecule has 1 aliphatic carbocycles. The fourth-order valence-corrected chi connectivity index (χ4v) is 2.75. The fraction of sp³-hybridized carbons (Fsp3) is 0.500. The van der Waals surface area contributed by atoms with Gasteiger partial charge in [-0.3, -0.25) is 4.79 Å². The first-order chi connectivity index (χ1) is 7.81. The monoisotopic (exact) mass is 216 g/mol. The number of carbonyl (C=O) groups is 1. The van der Waals surface area contributed by atoms with Crippen molar-refractivity contribution >= 4 is 5.78 Å². The van der Waals surface area contributed by atoms with Gasteiger partial charge in [-0.25, -0.2) is 0 Å². The SMILES string of the molecule is CCC(=O)[C@H]1C[C@@H]1c1cccc2c1CCO2. The van der Waals surface area contributed by atoms with Crippen molar-refractivity contribution in [3.63, 3.8) is 0 Å². The molecule has 2 atom stereocenters. The molecule has 0 N–H and O–H groups in total. The second kappa shape index (κ2) is 3.62. The first kappa shape index (κ1) is 9.88. The summed E-state index contributed by atoms with van der Waals surface area (Å²) in [5, 5.41) is 0. The van der Waals surface area contributed by atoms with Crippen LogP contribution < -0.4 is 4.74 Å². The largest absolute Gasteiger partial charge is 0.493 e. The summed E-state index contributed by atoms with van der Waals surface area (Å²) in [6.45, 7) is 2.75. The van der Waals surface area contributed by atoms with Gasteiger partial charge < -0.3 is 4.74 Å². The Morgan fingerprint density at radius 1 is 1.50 bits per heavy atom. The van der Waals surface area contributed by atoms with Gasteiger partial charge in [0.25, 0.3) is 0 Å². The Labute approximate surface area is 95.6 Å². The third kappa shape index (κ3) is 1.44. The summed E-state index contributed by atoms with van der Waals surface area (Å²) < 4.78 is 5.55. The van der Waals surface area contributed by atoms with Crippen LogP contribution in [0, 0.1) is 5.92 Å². The molecular formula is C14H16O2. The van der Waals surface area contributed by atoms with E-state index >= 15 is 0 Å². The van der Waals surface area contributed by atoms with Crippen molar-refractivity contribution in [3.05, 3.63) is 29.3 Å². The Bertz CT molecular complexity index is 436. The molecule has 1 heterocycles.